The summed E-state index contributed by atoms with van der Waals surface area (Å²) in [5, 5.41) is 3.25. The van der Waals surface area contributed by atoms with Gasteiger partial charge in [-0.05, 0) is 42.8 Å². The molecule has 2 heterocycles. The third-order valence-electron chi connectivity index (χ3n) is 4.62. The molecule has 150 valence electrons. The van der Waals surface area contributed by atoms with Crippen molar-refractivity contribution < 1.29 is 22.9 Å². The standard InChI is InChI=1S/C21H21N3O4S/c1-2-24(17-6-4-3-5-7-17)29(25,26)18-9-11-21(23-14-18)22-13-16-8-10-19-20(12-16)28-15-27-19/h3-12,14H,2,13,15H2,1H3,(H,22,23)/p+1. The second-order valence-corrected chi connectivity index (χ2v) is 8.35. The van der Waals surface area contributed by atoms with Gasteiger partial charge < -0.3 is 9.47 Å². The van der Waals surface area contributed by atoms with Crippen LogP contribution in [-0.4, -0.2) is 21.8 Å². The summed E-state index contributed by atoms with van der Waals surface area (Å²) >= 11 is 0. The van der Waals surface area contributed by atoms with E-state index in [1.54, 1.807) is 24.3 Å². The fourth-order valence-electron chi connectivity index (χ4n) is 3.14. The number of sulfonamides is 1. The molecular formula is C21H22N3O4S+. The molecule has 3 aromatic rings. The smallest absolute Gasteiger partial charge is 0.272 e. The number of hydrogen-bond acceptors (Lipinski definition) is 5. The first-order valence-electron chi connectivity index (χ1n) is 9.30. The number of nitrogens with one attached hydrogen (secondary N) is 2. The summed E-state index contributed by atoms with van der Waals surface area (Å²) in [6.45, 7) is 2.96. The van der Waals surface area contributed by atoms with Crippen molar-refractivity contribution in [3.05, 3.63) is 72.4 Å². The molecule has 0 saturated heterocycles. The number of anilines is 2. The van der Waals surface area contributed by atoms with Crippen molar-refractivity contribution in [1.82, 2.24) is 0 Å². The lowest BCUT2D eigenvalue weighted by atomic mass is 10.2. The Morgan fingerprint density at radius 3 is 2.55 bits per heavy atom. The first kappa shape index (κ1) is 19.1. The van der Waals surface area contributed by atoms with Gasteiger partial charge in [0.25, 0.3) is 15.8 Å². The maximum absolute atomic E-state index is 13.0. The molecule has 0 spiro atoms. The van der Waals surface area contributed by atoms with Crippen molar-refractivity contribution in [2.24, 2.45) is 0 Å². The van der Waals surface area contributed by atoms with Crippen molar-refractivity contribution >= 4 is 21.5 Å². The third kappa shape index (κ3) is 3.97. The Balaban J connectivity index is 1.47. The number of fused-ring (bicyclic) bond motifs is 1. The zero-order chi connectivity index (χ0) is 20.3. The summed E-state index contributed by atoms with van der Waals surface area (Å²) in [5.74, 6) is 2.19. The normalized spacial score (nSPS) is 12.6. The lowest BCUT2D eigenvalue weighted by Crippen LogP contribution is -2.31. The van der Waals surface area contributed by atoms with Crippen molar-refractivity contribution in [3.8, 4) is 11.5 Å². The molecule has 2 N–H and O–H groups in total. The Morgan fingerprint density at radius 1 is 1.03 bits per heavy atom. The van der Waals surface area contributed by atoms with E-state index in [9.17, 15) is 8.42 Å². The Kier molecular flexibility index (Phi) is 5.26. The Bertz CT molecular complexity index is 1090. The lowest BCUT2D eigenvalue weighted by molar-refractivity contribution is -0.364. The number of para-hydroxylation sites is 1. The summed E-state index contributed by atoms with van der Waals surface area (Å²) < 4.78 is 38.1. The topological polar surface area (TPSA) is 82.0 Å². The van der Waals surface area contributed by atoms with Crippen molar-refractivity contribution in [2.45, 2.75) is 18.4 Å². The quantitative estimate of drug-likeness (QED) is 0.645. The van der Waals surface area contributed by atoms with Crippen LogP contribution < -0.4 is 24.1 Å². The predicted molar refractivity (Wildman–Crippen MR) is 110 cm³/mol. The summed E-state index contributed by atoms with van der Waals surface area (Å²) in [5.41, 5.74) is 1.67. The van der Waals surface area contributed by atoms with Gasteiger partial charge in [-0.3, -0.25) is 9.62 Å². The molecule has 1 aliphatic heterocycles. The molecule has 1 aromatic heterocycles. The fourth-order valence-corrected chi connectivity index (χ4v) is 4.58. The minimum atomic E-state index is -3.65. The van der Waals surface area contributed by atoms with Gasteiger partial charge in [-0.1, -0.05) is 24.3 Å². The number of aromatic amines is 1. The first-order chi connectivity index (χ1) is 14.1. The third-order valence-corrected chi connectivity index (χ3v) is 6.52. The average molecular weight is 412 g/mol. The molecule has 0 radical (unpaired) electrons. The SMILES string of the molecule is CCN(c1ccccc1)S(=O)(=O)c1ccc(NCc2ccc3c(c2)OCO3)[nH+]c1. The molecular weight excluding hydrogens is 390 g/mol. The molecule has 2 aromatic carbocycles. The average Bonchev–Trinajstić information content (AvgIpc) is 3.21. The number of rotatable bonds is 7. The van der Waals surface area contributed by atoms with Crippen molar-refractivity contribution in [3.63, 3.8) is 0 Å². The largest absolute Gasteiger partial charge is 0.454 e. The van der Waals surface area contributed by atoms with Crippen LogP contribution in [0.25, 0.3) is 0 Å². The van der Waals surface area contributed by atoms with Gasteiger partial charge in [0.2, 0.25) is 6.79 Å². The van der Waals surface area contributed by atoms with Gasteiger partial charge in [0.15, 0.2) is 11.5 Å². The van der Waals surface area contributed by atoms with Crippen LogP contribution in [0.15, 0.2) is 71.8 Å². The van der Waals surface area contributed by atoms with Crippen molar-refractivity contribution in [1.29, 1.82) is 0 Å². The van der Waals surface area contributed by atoms with Crippen LogP contribution in [0.3, 0.4) is 0 Å². The molecule has 29 heavy (non-hydrogen) atoms. The van der Waals surface area contributed by atoms with Crippen LogP contribution in [0.2, 0.25) is 0 Å². The highest BCUT2D eigenvalue weighted by Gasteiger charge is 2.24. The van der Waals surface area contributed by atoms with Crippen LogP contribution in [-0.2, 0) is 16.6 Å². The molecule has 8 heteroatoms. The van der Waals surface area contributed by atoms with E-state index in [1.807, 2.05) is 43.3 Å². The highest BCUT2D eigenvalue weighted by Crippen LogP contribution is 2.32. The second kappa shape index (κ2) is 8.00. The monoisotopic (exact) mass is 412 g/mol. The first-order valence-corrected chi connectivity index (χ1v) is 10.7. The van der Waals surface area contributed by atoms with Crippen LogP contribution >= 0.6 is 0 Å². The van der Waals surface area contributed by atoms with Gasteiger partial charge in [0.05, 0.1) is 5.69 Å². The lowest BCUT2D eigenvalue weighted by Gasteiger charge is -2.22. The molecule has 4 rings (SSSR count). The van der Waals surface area contributed by atoms with E-state index in [4.69, 9.17) is 9.47 Å². The maximum Gasteiger partial charge on any atom is 0.272 e. The van der Waals surface area contributed by atoms with Crippen molar-refractivity contribution in [2.75, 3.05) is 23.0 Å². The second-order valence-electron chi connectivity index (χ2n) is 6.48. The predicted octanol–water partition coefficient (Wildman–Crippen LogP) is 3.06. The molecule has 0 amide bonds. The molecule has 0 saturated carbocycles. The van der Waals surface area contributed by atoms with Gasteiger partial charge in [-0.2, -0.15) is 0 Å². The zero-order valence-corrected chi connectivity index (χ0v) is 16.8. The Labute approximate surface area is 170 Å². The van der Waals surface area contributed by atoms with Crippen LogP contribution in [0.4, 0.5) is 11.5 Å². The van der Waals surface area contributed by atoms with Gasteiger partial charge in [-0.15, -0.1) is 0 Å². The number of ether oxygens (including phenoxy) is 2. The Morgan fingerprint density at radius 2 is 1.83 bits per heavy atom. The summed E-state index contributed by atoms with van der Waals surface area (Å²) in [4.78, 5) is 3.23. The zero-order valence-electron chi connectivity index (χ0n) is 16.0. The number of benzene rings is 2. The van der Waals surface area contributed by atoms with E-state index in [-0.39, 0.29) is 11.7 Å². The van der Waals surface area contributed by atoms with E-state index < -0.39 is 10.0 Å². The highest BCUT2D eigenvalue weighted by molar-refractivity contribution is 7.92. The number of hydrogen-bond donors (Lipinski definition) is 1. The maximum atomic E-state index is 13.0. The molecule has 0 atom stereocenters. The fraction of sp³-hybridized carbons (Fsp3) is 0.190. The number of nitrogens with zero attached hydrogens (tertiary/aromatic N) is 1. The van der Waals surface area contributed by atoms with Gasteiger partial charge in [-0.25, -0.2) is 13.4 Å². The van der Waals surface area contributed by atoms with Crippen LogP contribution in [0.5, 0.6) is 11.5 Å². The molecule has 1 aliphatic rings. The minimum absolute atomic E-state index is 0.205. The summed E-state index contributed by atoms with van der Waals surface area (Å²) in [7, 11) is -3.65. The number of pyridine rings is 1. The molecule has 0 bridgehead atoms. The molecule has 0 unspecified atom stereocenters. The van der Waals surface area contributed by atoms with Gasteiger partial charge in [0.1, 0.15) is 17.6 Å². The van der Waals surface area contributed by atoms with E-state index >= 15 is 0 Å². The summed E-state index contributed by atoms with van der Waals surface area (Å²) in [6.07, 6.45) is 1.50. The summed E-state index contributed by atoms with van der Waals surface area (Å²) in [6, 6.07) is 18.1. The highest BCUT2D eigenvalue weighted by atomic mass is 32.2. The van der Waals surface area contributed by atoms with E-state index in [2.05, 4.69) is 10.3 Å². The van der Waals surface area contributed by atoms with Gasteiger partial charge >= 0.3 is 0 Å². The minimum Gasteiger partial charge on any atom is -0.454 e. The number of H-pyrrole nitrogens is 1. The molecule has 0 aliphatic carbocycles. The molecule has 0 fully saturated rings. The van der Waals surface area contributed by atoms with Crippen LogP contribution in [0, 0.1) is 0 Å². The Hall–Kier alpha value is -3.26. The van der Waals surface area contributed by atoms with E-state index in [0.29, 0.717) is 24.6 Å². The number of aromatic nitrogens is 1. The van der Waals surface area contributed by atoms with E-state index in [1.165, 1.54) is 10.5 Å². The molecule has 7 nitrogen and oxygen atoms in total. The van der Waals surface area contributed by atoms with Gasteiger partial charge in [0, 0.05) is 12.6 Å². The van der Waals surface area contributed by atoms with E-state index in [0.717, 1.165) is 17.1 Å². The van der Waals surface area contributed by atoms with Crippen LogP contribution in [0.1, 0.15) is 12.5 Å².